The van der Waals surface area contributed by atoms with Gasteiger partial charge in [-0.2, -0.15) is 4.31 Å². The topological polar surface area (TPSA) is 57.6 Å². The summed E-state index contributed by atoms with van der Waals surface area (Å²) in [5.41, 5.74) is 0. The van der Waals surface area contributed by atoms with Crippen LogP contribution in [0.1, 0.15) is 12.8 Å². The second-order valence-electron chi connectivity index (χ2n) is 3.78. The molecule has 4 nitrogen and oxygen atoms in total. The molecule has 0 aliphatic carbocycles. The molecule has 0 saturated carbocycles. The summed E-state index contributed by atoms with van der Waals surface area (Å²) in [5, 5.41) is 9.20. The van der Waals surface area contributed by atoms with Crippen LogP contribution in [0.25, 0.3) is 0 Å². The Bertz CT molecular complexity index is 514. The van der Waals surface area contributed by atoms with E-state index >= 15 is 0 Å². The zero-order valence-electron chi connectivity index (χ0n) is 8.77. The van der Waals surface area contributed by atoms with Gasteiger partial charge in [0.1, 0.15) is 4.90 Å². The SMILES string of the molecule is O=S(=O)(c1cc(Br)sc1Br)N1CCC[C@@H]1CO. The molecule has 0 bridgehead atoms. The van der Waals surface area contributed by atoms with Gasteiger partial charge < -0.3 is 5.11 Å². The molecule has 0 aromatic carbocycles. The first-order valence-corrected chi connectivity index (χ1v) is 8.88. The minimum Gasteiger partial charge on any atom is -0.395 e. The Labute approximate surface area is 121 Å². The van der Waals surface area contributed by atoms with Crippen LogP contribution in [-0.4, -0.2) is 37.0 Å². The van der Waals surface area contributed by atoms with E-state index in [0.29, 0.717) is 10.3 Å². The van der Waals surface area contributed by atoms with E-state index in [0.717, 1.165) is 16.6 Å². The maximum atomic E-state index is 12.4. The lowest BCUT2D eigenvalue weighted by Gasteiger charge is -2.21. The maximum absolute atomic E-state index is 12.4. The second-order valence-corrected chi connectivity index (χ2v) is 9.39. The number of aliphatic hydroxyl groups is 1. The van der Waals surface area contributed by atoms with Crippen molar-refractivity contribution < 1.29 is 13.5 Å². The molecule has 0 radical (unpaired) electrons. The standard InChI is InChI=1S/C9H11Br2NO3S2/c10-8-4-7(9(11)16-8)17(14,15)12-3-1-2-6(12)5-13/h4,6,13H,1-3,5H2/t6-/m1/s1. The summed E-state index contributed by atoms with van der Waals surface area (Å²) in [6.07, 6.45) is 1.52. The van der Waals surface area contributed by atoms with Crippen LogP contribution in [0.4, 0.5) is 0 Å². The molecule has 2 rings (SSSR count). The van der Waals surface area contributed by atoms with E-state index in [1.807, 2.05) is 0 Å². The molecule has 1 fully saturated rings. The monoisotopic (exact) mass is 403 g/mol. The molecule has 1 aromatic rings. The molecule has 0 amide bonds. The Balaban J connectivity index is 2.39. The molecule has 1 saturated heterocycles. The van der Waals surface area contributed by atoms with Crippen molar-refractivity contribution in [1.82, 2.24) is 4.31 Å². The van der Waals surface area contributed by atoms with Crippen LogP contribution < -0.4 is 0 Å². The molecule has 8 heteroatoms. The number of thiophene rings is 1. The lowest BCUT2D eigenvalue weighted by molar-refractivity contribution is 0.213. The fraction of sp³-hybridized carbons (Fsp3) is 0.556. The number of nitrogens with zero attached hydrogens (tertiary/aromatic N) is 1. The first-order valence-electron chi connectivity index (χ1n) is 5.04. The van der Waals surface area contributed by atoms with Gasteiger partial charge in [-0.25, -0.2) is 8.42 Å². The normalized spacial score (nSPS) is 22.2. The fourth-order valence-corrected chi connectivity index (χ4v) is 7.38. The van der Waals surface area contributed by atoms with Crippen molar-refractivity contribution in [3.8, 4) is 0 Å². The van der Waals surface area contributed by atoms with E-state index in [1.165, 1.54) is 15.6 Å². The highest BCUT2D eigenvalue weighted by atomic mass is 79.9. The van der Waals surface area contributed by atoms with Crippen molar-refractivity contribution >= 4 is 53.2 Å². The fourth-order valence-electron chi connectivity index (χ4n) is 1.94. The van der Waals surface area contributed by atoms with E-state index in [-0.39, 0.29) is 17.5 Å². The molecular weight excluding hydrogens is 394 g/mol. The first kappa shape index (κ1) is 14.0. The quantitative estimate of drug-likeness (QED) is 0.841. The summed E-state index contributed by atoms with van der Waals surface area (Å²) in [5.74, 6) is 0. The molecule has 1 aliphatic heterocycles. The van der Waals surface area contributed by atoms with Crippen molar-refractivity contribution in [2.24, 2.45) is 0 Å². The van der Waals surface area contributed by atoms with Crippen molar-refractivity contribution in [3.63, 3.8) is 0 Å². The van der Waals surface area contributed by atoms with Gasteiger partial charge in [0.25, 0.3) is 0 Å². The van der Waals surface area contributed by atoms with Gasteiger partial charge in [-0.3, -0.25) is 0 Å². The number of sulfonamides is 1. The minimum absolute atomic E-state index is 0.123. The smallest absolute Gasteiger partial charge is 0.245 e. The van der Waals surface area contributed by atoms with Gasteiger partial charge in [0.05, 0.1) is 14.2 Å². The Hall–Kier alpha value is 0.530. The molecule has 1 atom stereocenters. The number of aliphatic hydroxyl groups excluding tert-OH is 1. The molecule has 1 aliphatic rings. The maximum Gasteiger partial charge on any atom is 0.245 e. The zero-order chi connectivity index (χ0) is 12.6. The highest BCUT2D eigenvalue weighted by Crippen LogP contribution is 2.37. The van der Waals surface area contributed by atoms with Crippen LogP contribution in [0.15, 0.2) is 18.5 Å². The lowest BCUT2D eigenvalue weighted by atomic mass is 10.2. The molecule has 0 spiro atoms. The summed E-state index contributed by atoms with van der Waals surface area (Å²) >= 11 is 7.86. The van der Waals surface area contributed by atoms with Gasteiger partial charge in [0, 0.05) is 12.6 Å². The Morgan fingerprint density at radius 2 is 2.24 bits per heavy atom. The highest BCUT2D eigenvalue weighted by molar-refractivity contribution is 9.12. The number of rotatable bonds is 3. The number of halogens is 2. The Morgan fingerprint density at radius 1 is 1.53 bits per heavy atom. The van der Waals surface area contributed by atoms with Crippen LogP contribution >= 0.6 is 43.2 Å². The predicted molar refractivity (Wildman–Crippen MR) is 73.7 cm³/mol. The molecule has 0 unspecified atom stereocenters. The van der Waals surface area contributed by atoms with Gasteiger partial charge >= 0.3 is 0 Å². The predicted octanol–water partition coefficient (Wildman–Crippen LogP) is 2.42. The molecule has 17 heavy (non-hydrogen) atoms. The number of hydrogen-bond acceptors (Lipinski definition) is 4. The lowest BCUT2D eigenvalue weighted by Crippen LogP contribution is -2.37. The van der Waals surface area contributed by atoms with E-state index < -0.39 is 10.0 Å². The Kier molecular flexibility index (Phi) is 4.32. The van der Waals surface area contributed by atoms with E-state index in [9.17, 15) is 13.5 Å². The van der Waals surface area contributed by atoms with Crippen LogP contribution in [0.2, 0.25) is 0 Å². The summed E-state index contributed by atoms with van der Waals surface area (Å²) in [6, 6.07) is 1.31. The summed E-state index contributed by atoms with van der Waals surface area (Å²) in [6.45, 7) is 0.357. The van der Waals surface area contributed by atoms with Gasteiger partial charge in [-0.05, 0) is 50.8 Å². The van der Waals surface area contributed by atoms with Crippen LogP contribution in [0, 0.1) is 0 Å². The molecule has 2 heterocycles. The van der Waals surface area contributed by atoms with E-state index in [4.69, 9.17) is 0 Å². The van der Waals surface area contributed by atoms with Crippen molar-refractivity contribution in [3.05, 3.63) is 13.6 Å². The summed E-state index contributed by atoms with van der Waals surface area (Å²) in [4.78, 5) is 0.273. The van der Waals surface area contributed by atoms with Crippen molar-refractivity contribution in [2.45, 2.75) is 23.8 Å². The third-order valence-electron chi connectivity index (χ3n) is 2.75. The highest BCUT2D eigenvalue weighted by Gasteiger charge is 2.36. The second kappa shape index (κ2) is 5.26. The van der Waals surface area contributed by atoms with E-state index in [1.54, 1.807) is 6.07 Å². The minimum atomic E-state index is -3.50. The van der Waals surface area contributed by atoms with Gasteiger partial charge in [-0.15, -0.1) is 11.3 Å². The van der Waals surface area contributed by atoms with Crippen molar-refractivity contribution in [2.75, 3.05) is 13.2 Å². The Morgan fingerprint density at radius 3 is 2.76 bits per heavy atom. The number of hydrogen-bond donors (Lipinski definition) is 1. The average molecular weight is 405 g/mol. The summed E-state index contributed by atoms with van der Waals surface area (Å²) < 4.78 is 27.6. The first-order chi connectivity index (χ1) is 7.96. The average Bonchev–Trinajstić information content (AvgIpc) is 2.84. The van der Waals surface area contributed by atoms with Crippen LogP contribution in [0.3, 0.4) is 0 Å². The zero-order valence-corrected chi connectivity index (χ0v) is 13.6. The van der Waals surface area contributed by atoms with Crippen LogP contribution in [-0.2, 0) is 10.0 Å². The van der Waals surface area contributed by atoms with Gasteiger partial charge in [-0.1, -0.05) is 0 Å². The molecular formula is C9H11Br2NO3S2. The molecule has 96 valence electrons. The molecule has 1 aromatic heterocycles. The van der Waals surface area contributed by atoms with E-state index in [2.05, 4.69) is 31.9 Å². The van der Waals surface area contributed by atoms with Crippen LogP contribution in [0.5, 0.6) is 0 Å². The van der Waals surface area contributed by atoms with Gasteiger partial charge in [0.2, 0.25) is 10.0 Å². The van der Waals surface area contributed by atoms with Crippen molar-refractivity contribution in [1.29, 1.82) is 0 Å². The third kappa shape index (κ3) is 2.62. The summed E-state index contributed by atoms with van der Waals surface area (Å²) in [7, 11) is -3.50. The largest absolute Gasteiger partial charge is 0.395 e. The third-order valence-corrected chi connectivity index (χ3v) is 7.45. The molecule has 1 N–H and O–H groups in total. The van der Waals surface area contributed by atoms with Gasteiger partial charge in [0.15, 0.2) is 0 Å².